The third-order valence-electron chi connectivity index (χ3n) is 5.54. The molecule has 1 N–H and O–H groups in total. The average molecular weight is 555 g/mol. The highest BCUT2D eigenvalue weighted by Crippen LogP contribution is 2.33. The maximum Gasteiger partial charge on any atom is 0.416 e. The van der Waals surface area contributed by atoms with Crippen LogP contribution in [0.15, 0.2) is 82.6 Å². The Labute approximate surface area is 213 Å². The molecule has 7 nitrogen and oxygen atoms in total. The average Bonchev–Trinajstić information content (AvgIpc) is 2.82. The summed E-state index contributed by atoms with van der Waals surface area (Å²) in [4.78, 5) is 12.8. The van der Waals surface area contributed by atoms with E-state index in [-0.39, 0.29) is 15.5 Å². The summed E-state index contributed by atoms with van der Waals surface area (Å²) in [6.45, 7) is 2.57. The van der Waals surface area contributed by atoms with Crippen LogP contribution in [-0.2, 0) is 30.8 Å². The van der Waals surface area contributed by atoms with Crippen molar-refractivity contribution in [2.75, 3.05) is 17.1 Å². The molecular formula is C25H25F3N2O5S2. The largest absolute Gasteiger partial charge is 0.416 e. The Kier molecular flexibility index (Phi) is 8.03. The zero-order chi connectivity index (χ0) is 27.6. The van der Waals surface area contributed by atoms with Crippen molar-refractivity contribution >= 4 is 31.5 Å². The topological polar surface area (TPSA) is 101 Å². The van der Waals surface area contributed by atoms with E-state index in [4.69, 9.17) is 0 Å². The Balaban J connectivity index is 1.93. The van der Waals surface area contributed by atoms with E-state index in [2.05, 4.69) is 5.32 Å². The molecule has 1 amide bonds. The van der Waals surface area contributed by atoms with Crippen molar-refractivity contribution < 1.29 is 34.8 Å². The summed E-state index contributed by atoms with van der Waals surface area (Å²) in [6.07, 6.45) is -3.66. The minimum Gasteiger partial charge on any atom is -0.348 e. The van der Waals surface area contributed by atoms with Gasteiger partial charge in [0.1, 0.15) is 6.54 Å². The minimum atomic E-state index is -4.72. The zero-order valence-electron chi connectivity index (χ0n) is 20.2. The van der Waals surface area contributed by atoms with Crippen LogP contribution < -0.4 is 9.62 Å². The second-order valence-corrected chi connectivity index (χ2v) is 12.4. The maximum absolute atomic E-state index is 13.4. The number of alkyl halides is 3. The van der Waals surface area contributed by atoms with Crippen LogP contribution in [0.2, 0.25) is 0 Å². The minimum absolute atomic E-state index is 0.0923. The smallest absolute Gasteiger partial charge is 0.348 e. The van der Waals surface area contributed by atoms with Gasteiger partial charge in [-0.1, -0.05) is 35.9 Å². The second kappa shape index (κ2) is 10.5. The molecule has 1 atom stereocenters. The molecule has 0 heterocycles. The number of aryl methyl sites for hydroxylation is 1. The Bertz CT molecular complexity index is 1490. The second-order valence-electron chi connectivity index (χ2n) is 8.50. The number of hydrogen-bond donors (Lipinski definition) is 1. The summed E-state index contributed by atoms with van der Waals surface area (Å²) in [7, 11) is -7.83. The molecule has 0 bridgehead atoms. The fraction of sp³-hybridized carbons (Fsp3) is 0.240. The van der Waals surface area contributed by atoms with Crippen LogP contribution in [0, 0.1) is 6.92 Å². The number of sulfonamides is 1. The lowest BCUT2D eigenvalue weighted by atomic mass is 10.1. The quantitative estimate of drug-likeness (QED) is 0.442. The number of anilines is 1. The van der Waals surface area contributed by atoms with E-state index in [9.17, 15) is 34.8 Å². The van der Waals surface area contributed by atoms with E-state index in [1.807, 2.05) is 0 Å². The van der Waals surface area contributed by atoms with E-state index < -0.39 is 50.1 Å². The van der Waals surface area contributed by atoms with Gasteiger partial charge in [0.15, 0.2) is 9.84 Å². The molecule has 0 aromatic heterocycles. The fourth-order valence-corrected chi connectivity index (χ4v) is 5.54. The lowest BCUT2D eigenvalue weighted by Gasteiger charge is -2.26. The third kappa shape index (κ3) is 6.89. The summed E-state index contributed by atoms with van der Waals surface area (Å²) < 4.78 is 90.8. The van der Waals surface area contributed by atoms with Crippen LogP contribution in [0.5, 0.6) is 0 Å². The van der Waals surface area contributed by atoms with Crippen molar-refractivity contribution in [1.29, 1.82) is 0 Å². The molecule has 0 aliphatic rings. The SMILES string of the molecule is Cc1ccc(S(=O)(=O)N(CC(=O)NC(C)c2ccc(S(C)(=O)=O)cc2)c2cccc(C(F)(F)F)c2)cc1. The van der Waals surface area contributed by atoms with E-state index in [1.54, 1.807) is 26.0 Å². The summed E-state index contributed by atoms with van der Waals surface area (Å²) in [5.74, 6) is -0.771. The molecule has 0 radical (unpaired) electrons. The molecule has 12 heteroatoms. The lowest BCUT2D eigenvalue weighted by molar-refractivity contribution is -0.137. The van der Waals surface area contributed by atoms with Gasteiger partial charge < -0.3 is 5.32 Å². The van der Waals surface area contributed by atoms with Crippen molar-refractivity contribution in [2.24, 2.45) is 0 Å². The van der Waals surface area contributed by atoms with Gasteiger partial charge in [-0.25, -0.2) is 16.8 Å². The van der Waals surface area contributed by atoms with Crippen LogP contribution in [0.25, 0.3) is 0 Å². The monoisotopic (exact) mass is 554 g/mol. The molecule has 3 rings (SSSR count). The normalized spacial score (nSPS) is 13.1. The van der Waals surface area contributed by atoms with Gasteiger partial charge in [0.2, 0.25) is 5.91 Å². The van der Waals surface area contributed by atoms with Crippen molar-refractivity contribution in [3.8, 4) is 0 Å². The first-order chi connectivity index (χ1) is 17.1. The third-order valence-corrected chi connectivity index (χ3v) is 8.46. The molecule has 3 aromatic carbocycles. The van der Waals surface area contributed by atoms with Crippen LogP contribution >= 0.6 is 0 Å². The highest BCUT2D eigenvalue weighted by atomic mass is 32.2. The van der Waals surface area contributed by atoms with Crippen LogP contribution in [0.4, 0.5) is 18.9 Å². The Hall–Kier alpha value is -3.38. The number of sulfone groups is 1. The first kappa shape index (κ1) is 28.2. The summed E-state index contributed by atoms with van der Waals surface area (Å²) in [6, 6.07) is 14.6. The van der Waals surface area contributed by atoms with Gasteiger partial charge in [-0.15, -0.1) is 0 Å². The van der Waals surface area contributed by atoms with Gasteiger partial charge in [0.05, 0.1) is 27.1 Å². The molecule has 37 heavy (non-hydrogen) atoms. The Morgan fingerprint density at radius 2 is 1.49 bits per heavy atom. The van der Waals surface area contributed by atoms with Crippen molar-refractivity contribution in [2.45, 2.75) is 35.9 Å². The number of carbonyl (C=O) groups is 1. The zero-order valence-corrected chi connectivity index (χ0v) is 21.8. The summed E-state index contributed by atoms with van der Waals surface area (Å²) >= 11 is 0. The molecule has 198 valence electrons. The highest BCUT2D eigenvalue weighted by Gasteiger charge is 2.33. The fourth-order valence-electron chi connectivity index (χ4n) is 3.49. The number of carbonyl (C=O) groups excluding carboxylic acids is 1. The number of halogens is 3. The highest BCUT2D eigenvalue weighted by molar-refractivity contribution is 7.93. The molecule has 0 saturated heterocycles. The predicted octanol–water partition coefficient (Wildman–Crippen LogP) is 4.49. The summed E-state index contributed by atoms with van der Waals surface area (Å²) in [5, 5.41) is 2.62. The first-order valence-corrected chi connectivity index (χ1v) is 14.3. The van der Waals surface area contributed by atoms with Crippen molar-refractivity contribution in [3.05, 3.63) is 89.5 Å². The molecule has 0 aliphatic heterocycles. The van der Waals surface area contributed by atoms with Gasteiger partial charge in [0.25, 0.3) is 10.0 Å². The Morgan fingerprint density at radius 1 is 0.919 bits per heavy atom. The number of nitrogens with one attached hydrogen (secondary N) is 1. The Morgan fingerprint density at radius 3 is 2.03 bits per heavy atom. The first-order valence-electron chi connectivity index (χ1n) is 10.9. The standard InChI is InChI=1S/C25H25F3N2O5S2/c1-17-7-11-23(12-8-17)37(34,35)30(21-6-4-5-20(15-21)25(26,27)28)16-24(31)29-18(2)19-9-13-22(14-10-19)36(3,32)33/h4-15,18H,16H2,1-3H3,(H,29,31). The molecule has 0 saturated carbocycles. The molecule has 0 aliphatic carbocycles. The van der Waals surface area contributed by atoms with Gasteiger partial charge >= 0.3 is 6.18 Å². The van der Waals surface area contributed by atoms with E-state index >= 15 is 0 Å². The number of rotatable bonds is 8. The van der Waals surface area contributed by atoms with Crippen molar-refractivity contribution in [3.63, 3.8) is 0 Å². The van der Waals surface area contributed by atoms with Crippen LogP contribution in [0.1, 0.15) is 29.7 Å². The van der Waals surface area contributed by atoms with Crippen LogP contribution in [-0.4, -0.2) is 35.5 Å². The molecule has 0 fully saturated rings. The van der Waals surface area contributed by atoms with E-state index in [1.165, 1.54) is 42.5 Å². The number of benzene rings is 3. The maximum atomic E-state index is 13.4. The van der Waals surface area contributed by atoms with Gasteiger partial charge in [-0.3, -0.25) is 9.10 Å². The van der Waals surface area contributed by atoms with E-state index in [0.29, 0.717) is 15.9 Å². The molecule has 1 unspecified atom stereocenters. The molecule has 3 aromatic rings. The van der Waals surface area contributed by atoms with Crippen LogP contribution in [0.3, 0.4) is 0 Å². The van der Waals surface area contributed by atoms with Crippen molar-refractivity contribution in [1.82, 2.24) is 5.32 Å². The molecular weight excluding hydrogens is 529 g/mol. The van der Waals surface area contributed by atoms with Gasteiger partial charge in [0, 0.05) is 6.26 Å². The van der Waals surface area contributed by atoms with E-state index in [0.717, 1.165) is 24.0 Å². The van der Waals surface area contributed by atoms with Gasteiger partial charge in [-0.2, -0.15) is 13.2 Å². The number of hydrogen-bond acceptors (Lipinski definition) is 5. The summed E-state index contributed by atoms with van der Waals surface area (Å²) in [5.41, 5.74) is -0.0599. The molecule has 0 spiro atoms. The lowest BCUT2D eigenvalue weighted by Crippen LogP contribution is -2.41. The predicted molar refractivity (Wildman–Crippen MR) is 133 cm³/mol. The number of amides is 1. The van der Waals surface area contributed by atoms with Gasteiger partial charge in [-0.05, 0) is 61.9 Å². The number of nitrogens with zero attached hydrogens (tertiary/aromatic N) is 1.